The lowest BCUT2D eigenvalue weighted by Crippen LogP contribution is -2.21. The number of carbonyl (C=O) groups is 1. The number of hydrogen-bond donors (Lipinski definition) is 2. The van der Waals surface area contributed by atoms with Crippen molar-refractivity contribution in [1.29, 1.82) is 0 Å². The minimum Gasteiger partial charge on any atom is -0.378 e. The summed E-state index contributed by atoms with van der Waals surface area (Å²) in [6.07, 6.45) is -6.11. The summed E-state index contributed by atoms with van der Waals surface area (Å²) >= 11 is 5.49. The van der Waals surface area contributed by atoms with Crippen molar-refractivity contribution in [3.63, 3.8) is 0 Å². The summed E-state index contributed by atoms with van der Waals surface area (Å²) in [6.45, 7) is 0. The monoisotopic (exact) mass is 329 g/mol. The Morgan fingerprint density at radius 1 is 1.14 bits per heavy atom. The zero-order valence-electron chi connectivity index (χ0n) is 11.1. The van der Waals surface area contributed by atoms with Crippen molar-refractivity contribution in [2.75, 3.05) is 5.32 Å². The van der Waals surface area contributed by atoms with Crippen molar-refractivity contribution in [1.82, 2.24) is 0 Å². The second-order valence-corrected chi connectivity index (χ2v) is 4.90. The Kier molecular flexibility index (Phi) is 4.73. The minimum atomic E-state index is -4.63. The Labute approximate surface area is 129 Å². The number of aliphatic hydroxyl groups excluding tert-OH is 1. The maximum atomic E-state index is 12.7. The summed E-state index contributed by atoms with van der Waals surface area (Å²) in [7, 11) is 0. The van der Waals surface area contributed by atoms with Crippen molar-refractivity contribution < 1.29 is 23.1 Å². The first-order valence-electron chi connectivity index (χ1n) is 6.19. The molecule has 0 spiro atoms. The molecule has 0 radical (unpaired) electrons. The molecule has 0 aliphatic rings. The molecule has 0 unspecified atom stereocenters. The van der Waals surface area contributed by atoms with Gasteiger partial charge in [-0.2, -0.15) is 13.2 Å². The zero-order valence-corrected chi connectivity index (χ0v) is 11.8. The zero-order chi connectivity index (χ0) is 16.3. The third kappa shape index (κ3) is 3.78. The summed E-state index contributed by atoms with van der Waals surface area (Å²) in [5.74, 6) is -0.832. The number of rotatable bonds is 3. The Morgan fingerprint density at radius 2 is 1.77 bits per heavy atom. The maximum Gasteiger partial charge on any atom is 0.417 e. The number of carbonyl (C=O) groups excluding carboxylic acids is 1. The van der Waals surface area contributed by atoms with Crippen molar-refractivity contribution in [3.05, 3.63) is 64.7 Å². The average molecular weight is 330 g/mol. The number of hydrogen-bond acceptors (Lipinski definition) is 2. The first-order valence-corrected chi connectivity index (χ1v) is 6.57. The molecule has 7 heteroatoms. The van der Waals surface area contributed by atoms with Gasteiger partial charge in [0, 0.05) is 5.69 Å². The van der Waals surface area contributed by atoms with Crippen LogP contribution in [0.25, 0.3) is 0 Å². The predicted octanol–water partition coefficient (Wildman–Crippen LogP) is 4.03. The van der Waals surface area contributed by atoms with Gasteiger partial charge in [-0.25, -0.2) is 0 Å². The Hall–Kier alpha value is -2.05. The molecule has 0 fully saturated rings. The number of nitrogens with one attached hydrogen (secondary N) is 1. The van der Waals surface area contributed by atoms with Gasteiger partial charge in [0.15, 0.2) is 6.10 Å². The van der Waals surface area contributed by atoms with Crippen LogP contribution in [-0.2, 0) is 11.0 Å². The van der Waals surface area contributed by atoms with Crippen LogP contribution in [0.15, 0.2) is 48.5 Å². The lowest BCUT2D eigenvalue weighted by molar-refractivity contribution is -0.137. The molecule has 2 rings (SSSR count). The lowest BCUT2D eigenvalue weighted by atomic mass is 10.1. The fourth-order valence-electron chi connectivity index (χ4n) is 1.82. The van der Waals surface area contributed by atoms with Crippen LogP contribution in [0.3, 0.4) is 0 Å². The van der Waals surface area contributed by atoms with Gasteiger partial charge in [0.1, 0.15) is 0 Å². The minimum absolute atomic E-state index is 0.100. The van der Waals surface area contributed by atoms with Gasteiger partial charge in [-0.15, -0.1) is 0 Å². The summed E-state index contributed by atoms with van der Waals surface area (Å²) in [5, 5.41) is 11.6. The standard InChI is InChI=1S/C15H11ClF3NO2/c16-12-7-6-10(8-11(12)15(17,18)19)20-14(22)13(21)9-4-2-1-3-5-9/h1-8,13,21H,(H,20,22)/t13-/m1/s1. The van der Waals surface area contributed by atoms with E-state index in [-0.39, 0.29) is 5.69 Å². The van der Waals surface area contributed by atoms with E-state index < -0.39 is 28.8 Å². The highest BCUT2D eigenvalue weighted by molar-refractivity contribution is 6.31. The van der Waals surface area contributed by atoms with E-state index in [2.05, 4.69) is 5.32 Å². The highest BCUT2D eigenvalue weighted by Gasteiger charge is 2.33. The topological polar surface area (TPSA) is 49.3 Å². The molecule has 1 amide bonds. The molecule has 3 nitrogen and oxygen atoms in total. The molecule has 0 saturated heterocycles. The summed E-state index contributed by atoms with van der Waals surface area (Å²) in [5.41, 5.74) is -0.817. The summed E-state index contributed by atoms with van der Waals surface area (Å²) < 4.78 is 38.2. The third-order valence-electron chi connectivity index (χ3n) is 2.90. The van der Waals surface area contributed by atoms with Crippen molar-refractivity contribution in [2.45, 2.75) is 12.3 Å². The second-order valence-electron chi connectivity index (χ2n) is 4.49. The molecule has 2 aromatic rings. The van der Waals surface area contributed by atoms with E-state index >= 15 is 0 Å². The van der Waals surface area contributed by atoms with E-state index in [9.17, 15) is 23.1 Å². The molecule has 0 aromatic heterocycles. The van der Waals surface area contributed by atoms with Crippen LogP contribution < -0.4 is 5.32 Å². The van der Waals surface area contributed by atoms with Crippen LogP contribution >= 0.6 is 11.6 Å². The predicted molar refractivity (Wildman–Crippen MR) is 76.5 cm³/mol. The van der Waals surface area contributed by atoms with E-state index in [1.165, 1.54) is 18.2 Å². The molecular formula is C15H11ClF3NO2. The van der Waals surface area contributed by atoms with Crippen LogP contribution in [0.1, 0.15) is 17.2 Å². The van der Waals surface area contributed by atoms with Crippen LogP contribution in [0, 0.1) is 0 Å². The molecule has 22 heavy (non-hydrogen) atoms. The highest BCUT2D eigenvalue weighted by atomic mass is 35.5. The molecule has 116 valence electrons. The summed E-state index contributed by atoms with van der Waals surface area (Å²) in [6, 6.07) is 11.0. The Morgan fingerprint density at radius 3 is 2.36 bits per heavy atom. The van der Waals surface area contributed by atoms with Gasteiger partial charge in [0.25, 0.3) is 5.91 Å². The molecular weight excluding hydrogens is 319 g/mol. The normalized spacial score (nSPS) is 12.8. The van der Waals surface area contributed by atoms with E-state index in [4.69, 9.17) is 11.6 Å². The van der Waals surface area contributed by atoms with Crippen LogP contribution in [0.4, 0.5) is 18.9 Å². The highest BCUT2D eigenvalue weighted by Crippen LogP contribution is 2.36. The molecule has 0 heterocycles. The van der Waals surface area contributed by atoms with Gasteiger partial charge in [-0.1, -0.05) is 41.9 Å². The molecule has 0 aliphatic carbocycles. The smallest absolute Gasteiger partial charge is 0.378 e. The summed E-state index contributed by atoms with van der Waals surface area (Å²) in [4.78, 5) is 11.9. The van der Waals surface area contributed by atoms with Gasteiger partial charge in [-0.3, -0.25) is 4.79 Å². The number of amides is 1. The van der Waals surface area contributed by atoms with E-state index in [0.717, 1.165) is 12.1 Å². The fourth-order valence-corrected chi connectivity index (χ4v) is 2.04. The average Bonchev–Trinajstić information content (AvgIpc) is 2.48. The maximum absolute atomic E-state index is 12.7. The number of halogens is 4. The van der Waals surface area contributed by atoms with E-state index in [1.54, 1.807) is 18.2 Å². The van der Waals surface area contributed by atoms with Crippen molar-refractivity contribution >= 4 is 23.2 Å². The Bertz CT molecular complexity index is 674. The van der Waals surface area contributed by atoms with Crippen LogP contribution in [-0.4, -0.2) is 11.0 Å². The first-order chi connectivity index (χ1) is 10.3. The Balaban J connectivity index is 2.19. The number of benzene rings is 2. The molecule has 2 N–H and O–H groups in total. The first kappa shape index (κ1) is 16.3. The van der Waals surface area contributed by atoms with E-state index in [1.807, 2.05) is 0 Å². The fraction of sp³-hybridized carbons (Fsp3) is 0.133. The quantitative estimate of drug-likeness (QED) is 0.893. The van der Waals surface area contributed by atoms with Gasteiger partial charge >= 0.3 is 6.18 Å². The molecule has 0 saturated carbocycles. The number of alkyl halides is 3. The van der Waals surface area contributed by atoms with E-state index in [0.29, 0.717) is 5.56 Å². The third-order valence-corrected chi connectivity index (χ3v) is 3.23. The van der Waals surface area contributed by atoms with Crippen molar-refractivity contribution in [3.8, 4) is 0 Å². The molecule has 0 aliphatic heterocycles. The second kappa shape index (κ2) is 6.37. The lowest BCUT2D eigenvalue weighted by Gasteiger charge is -2.14. The number of anilines is 1. The van der Waals surface area contributed by atoms with Gasteiger partial charge in [-0.05, 0) is 23.8 Å². The SMILES string of the molecule is O=C(Nc1ccc(Cl)c(C(F)(F)F)c1)[C@H](O)c1ccccc1. The van der Waals surface area contributed by atoms with Gasteiger partial charge in [0.05, 0.1) is 10.6 Å². The van der Waals surface area contributed by atoms with Crippen LogP contribution in [0.5, 0.6) is 0 Å². The van der Waals surface area contributed by atoms with Gasteiger partial charge in [0.2, 0.25) is 0 Å². The van der Waals surface area contributed by atoms with Crippen LogP contribution in [0.2, 0.25) is 5.02 Å². The molecule has 1 atom stereocenters. The number of aliphatic hydroxyl groups is 1. The van der Waals surface area contributed by atoms with Crippen molar-refractivity contribution in [2.24, 2.45) is 0 Å². The van der Waals surface area contributed by atoms with Gasteiger partial charge < -0.3 is 10.4 Å². The molecule has 0 bridgehead atoms. The largest absolute Gasteiger partial charge is 0.417 e. The molecule has 2 aromatic carbocycles.